The first-order valence-corrected chi connectivity index (χ1v) is 10.7. The van der Waals surface area contributed by atoms with E-state index >= 15 is 0 Å². The third-order valence-corrected chi connectivity index (χ3v) is 6.10. The van der Waals surface area contributed by atoms with Crippen molar-refractivity contribution in [2.75, 3.05) is 0 Å². The lowest BCUT2D eigenvalue weighted by atomic mass is 10.1. The fourth-order valence-corrected chi connectivity index (χ4v) is 4.39. The molecule has 1 aliphatic carbocycles. The van der Waals surface area contributed by atoms with E-state index in [9.17, 15) is 14.7 Å². The molecular weight excluding hydrogens is 408 g/mol. The van der Waals surface area contributed by atoms with Crippen molar-refractivity contribution in [2.24, 2.45) is 5.92 Å². The van der Waals surface area contributed by atoms with E-state index in [0.29, 0.717) is 29.5 Å². The quantitative estimate of drug-likeness (QED) is 0.653. The number of hydrogen-bond acceptors (Lipinski definition) is 6. The molecular formula is C20H25ClN6O3. The van der Waals surface area contributed by atoms with Gasteiger partial charge in [-0.2, -0.15) is 0 Å². The van der Waals surface area contributed by atoms with E-state index in [4.69, 9.17) is 11.6 Å². The van der Waals surface area contributed by atoms with Gasteiger partial charge >= 0.3 is 0 Å². The zero-order valence-corrected chi connectivity index (χ0v) is 17.5. The zero-order chi connectivity index (χ0) is 21.3. The number of likely N-dealkylation sites (tertiary alicyclic amines) is 1. The van der Waals surface area contributed by atoms with Crippen molar-refractivity contribution in [3.05, 3.63) is 35.1 Å². The molecule has 1 saturated carbocycles. The number of carbonyl (C=O) groups is 2. The molecule has 2 N–H and O–H groups in total. The van der Waals surface area contributed by atoms with Gasteiger partial charge in [-0.15, -0.1) is 5.10 Å². The maximum atomic E-state index is 13.0. The maximum absolute atomic E-state index is 13.0. The summed E-state index contributed by atoms with van der Waals surface area (Å²) < 4.78 is 1.50. The molecule has 2 heterocycles. The number of unbranched alkanes of at least 4 members (excludes halogenated alkanes) is 1. The van der Waals surface area contributed by atoms with E-state index in [1.807, 2.05) is 6.92 Å². The molecule has 160 valence electrons. The summed E-state index contributed by atoms with van der Waals surface area (Å²) in [5.41, 5.74) is 1.47. The Balaban J connectivity index is 1.44. The van der Waals surface area contributed by atoms with Gasteiger partial charge in [0.2, 0.25) is 5.91 Å². The monoisotopic (exact) mass is 432 g/mol. The van der Waals surface area contributed by atoms with Crippen molar-refractivity contribution in [1.82, 2.24) is 30.4 Å². The SMILES string of the molecule is CCCC[C@@H](O)C(=O)N1[C@@H]2C[C@@H]2C[C@H]1C(=O)NCc1cc(Cl)ccc1-n1cnnn1. The molecule has 1 aromatic carbocycles. The molecule has 10 heteroatoms. The Morgan fingerprint density at radius 1 is 1.37 bits per heavy atom. The maximum Gasteiger partial charge on any atom is 0.252 e. The van der Waals surface area contributed by atoms with E-state index in [-0.39, 0.29) is 24.4 Å². The molecule has 4 rings (SSSR count). The summed E-state index contributed by atoms with van der Waals surface area (Å²) in [6.45, 7) is 2.24. The molecule has 0 spiro atoms. The Morgan fingerprint density at radius 2 is 2.20 bits per heavy atom. The van der Waals surface area contributed by atoms with Crippen LogP contribution in [0.4, 0.5) is 0 Å². The van der Waals surface area contributed by atoms with E-state index in [0.717, 1.165) is 24.8 Å². The molecule has 0 radical (unpaired) electrons. The van der Waals surface area contributed by atoms with Crippen LogP contribution in [0.15, 0.2) is 24.5 Å². The average molecular weight is 433 g/mol. The van der Waals surface area contributed by atoms with Crippen LogP contribution < -0.4 is 5.32 Å². The number of amides is 2. The van der Waals surface area contributed by atoms with Gasteiger partial charge in [0.15, 0.2) is 0 Å². The van der Waals surface area contributed by atoms with Crippen molar-refractivity contribution in [1.29, 1.82) is 0 Å². The van der Waals surface area contributed by atoms with Crippen molar-refractivity contribution in [3.63, 3.8) is 0 Å². The fraction of sp³-hybridized carbons (Fsp3) is 0.550. The Bertz CT molecular complexity index is 921. The van der Waals surface area contributed by atoms with Crippen LogP contribution >= 0.6 is 11.6 Å². The number of hydrogen-bond donors (Lipinski definition) is 2. The fourth-order valence-electron chi connectivity index (χ4n) is 4.19. The lowest BCUT2D eigenvalue weighted by molar-refractivity contribution is -0.146. The van der Waals surface area contributed by atoms with Gasteiger partial charge in [0.1, 0.15) is 18.5 Å². The van der Waals surface area contributed by atoms with E-state index in [2.05, 4.69) is 20.8 Å². The second kappa shape index (κ2) is 8.69. The van der Waals surface area contributed by atoms with Crippen LogP contribution in [-0.2, 0) is 16.1 Å². The normalized spacial score (nSPS) is 23.2. The number of halogens is 1. The van der Waals surface area contributed by atoms with Crippen molar-refractivity contribution >= 4 is 23.4 Å². The first-order chi connectivity index (χ1) is 14.5. The van der Waals surface area contributed by atoms with Crippen molar-refractivity contribution in [2.45, 2.75) is 63.8 Å². The highest BCUT2D eigenvalue weighted by Crippen LogP contribution is 2.48. The second-order valence-corrected chi connectivity index (χ2v) is 8.40. The van der Waals surface area contributed by atoms with E-state index in [1.165, 1.54) is 11.0 Å². The van der Waals surface area contributed by atoms with Crippen LogP contribution in [0.1, 0.15) is 44.6 Å². The molecule has 2 fully saturated rings. The summed E-state index contributed by atoms with van der Waals surface area (Å²) in [5, 5.41) is 24.9. The van der Waals surface area contributed by atoms with Gasteiger partial charge < -0.3 is 15.3 Å². The van der Waals surface area contributed by atoms with Gasteiger partial charge in [0.25, 0.3) is 5.91 Å². The molecule has 2 amide bonds. The number of aromatic nitrogens is 4. The highest BCUT2D eigenvalue weighted by molar-refractivity contribution is 6.30. The minimum atomic E-state index is -1.04. The number of aliphatic hydroxyl groups is 1. The molecule has 4 atom stereocenters. The van der Waals surface area contributed by atoms with E-state index in [1.54, 1.807) is 23.1 Å². The lowest BCUT2D eigenvalue weighted by Gasteiger charge is -2.29. The van der Waals surface area contributed by atoms with Gasteiger partial charge in [-0.3, -0.25) is 9.59 Å². The molecule has 1 aliphatic heterocycles. The number of piperidine rings is 1. The van der Waals surface area contributed by atoms with Crippen LogP contribution in [-0.4, -0.2) is 60.2 Å². The molecule has 1 aromatic heterocycles. The van der Waals surface area contributed by atoms with Crippen LogP contribution in [0.5, 0.6) is 0 Å². The predicted octanol–water partition coefficient (Wildman–Crippen LogP) is 1.47. The Hall–Kier alpha value is -2.52. The number of rotatable bonds is 8. The number of aliphatic hydroxyl groups excluding tert-OH is 1. The van der Waals surface area contributed by atoms with Gasteiger partial charge in [-0.05, 0) is 59.4 Å². The van der Waals surface area contributed by atoms with Crippen LogP contribution in [0, 0.1) is 5.92 Å². The van der Waals surface area contributed by atoms with E-state index < -0.39 is 12.1 Å². The molecule has 2 aromatic rings. The lowest BCUT2D eigenvalue weighted by Crippen LogP contribution is -2.50. The average Bonchev–Trinajstić information content (AvgIpc) is 3.15. The van der Waals surface area contributed by atoms with Crippen molar-refractivity contribution in [3.8, 4) is 5.69 Å². The van der Waals surface area contributed by atoms with Crippen LogP contribution in [0.2, 0.25) is 5.02 Å². The third kappa shape index (κ3) is 4.17. The second-order valence-electron chi connectivity index (χ2n) is 7.96. The number of fused-ring (bicyclic) bond motifs is 1. The molecule has 2 aliphatic rings. The van der Waals surface area contributed by atoms with Crippen LogP contribution in [0.25, 0.3) is 5.69 Å². The Morgan fingerprint density at radius 3 is 2.93 bits per heavy atom. The zero-order valence-electron chi connectivity index (χ0n) is 16.7. The summed E-state index contributed by atoms with van der Waals surface area (Å²) in [5.74, 6) is -0.197. The van der Waals surface area contributed by atoms with Gasteiger partial charge in [-0.25, -0.2) is 4.68 Å². The first-order valence-electron chi connectivity index (χ1n) is 10.3. The smallest absolute Gasteiger partial charge is 0.252 e. The number of nitrogens with zero attached hydrogens (tertiary/aromatic N) is 5. The number of tetrazole rings is 1. The topological polar surface area (TPSA) is 113 Å². The van der Waals surface area contributed by atoms with Crippen LogP contribution in [0.3, 0.4) is 0 Å². The summed E-state index contributed by atoms with van der Waals surface area (Å²) in [6.07, 6.45) is 4.08. The minimum absolute atomic E-state index is 0.0764. The summed E-state index contributed by atoms with van der Waals surface area (Å²) in [7, 11) is 0. The number of carbonyl (C=O) groups excluding carboxylic acids is 2. The highest BCUT2D eigenvalue weighted by atomic mass is 35.5. The molecule has 0 unspecified atom stereocenters. The number of nitrogens with one attached hydrogen (secondary N) is 1. The van der Waals surface area contributed by atoms with Gasteiger partial charge in [0.05, 0.1) is 5.69 Å². The Kier molecular flexibility index (Phi) is 6.01. The Labute approximate surface area is 179 Å². The highest BCUT2D eigenvalue weighted by Gasteiger charge is 2.56. The molecule has 1 saturated heterocycles. The summed E-state index contributed by atoms with van der Waals surface area (Å²) >= 11 is 6.13. The van der Waals surface area contributed by atoms with Gasteiger partial charge in [0, 0.05) is 17.6 Å². The van der Waals surface area contributed by atoms with Crippen molar-refractivity contribution < 1.29 is 14.7 Å². The van der Waals surface area contributed by atoms with Gasteiger partial charge in [-0.1, -0.05) is 31.4 Å². The number of benzene rings is 1. The summed E-state index contributed by atoms with van der Waals surface area (Å²) in [6, 6.07) is 4.79. The first kappa shape index (κ1) is 20.7. The molecule has 9 nitrogen and oxygen atoms in total. The third-order valence-electron chi connectivity index (χ3n) is 5.87. The molecule has 0 bridgehead atoms. The largest absolute Gasteiger partial charge is 0.383 e. The predicted molar refractivity (Wildman–Crippen MR) is 109 cm³/mol. The summed E-state index contributed by atoms with van der Waals surface area (Å²) in [4.78, 5) is 27.3. The minimum Gasteiger partial charge on any atom is -0.383 e. The standard InChI is InChI=1S/C20H25ClN6O3/c1-2-3-4-18(28)20(30)27-16-8-12(16)9-17(27)19(29)22-10-13-7-14(21)5-6-15(13)26-11-23-24-25-26/h5-7,11-12,16-18,28H,2-4,8-10H2,1H3,(H,22,29)/t12-,16-,17+,18-/m1/s1. The molecule has 30 heavy (non-hydrogen) atoms.